The van der Waals surface area contributed by atoms with Gasteiger partial charge in [-0.25, -0.2) is 8.78 Å². The van der Waals surface area contributed by atoms with E-state index in [9.17, 15) is 4.79 Å². The van der Waals surface area contributed by atoms with Gasteiger partial charge in [-0.05, 0) is 32.6 Å². The summed E-state index contributed by atoms with van der Waals surface area (Å²) in [7, 11) is 0. The molecule has 10 heteroatoms. The zero-order valence-corrected chi connectivity index (χ0v) is 24.3. The van der Waals surface area contributed by atoms with Crippen molar-refractivity contribution in [2.75, 3.05) is 39.6 Å². The average Bonchev–Trinajstić information content (AvgIpc) is 2.88. The van der Waals surface area contributed by atoms with Gasteiger partial charge < -0.3 is 34.2 Å². The van der Waals surface area contributed by atoms with E-state index in [0.717, 1.165) is 44.9 Å². The number of unbranched alkanes of at least 4 members (excludes halogenated alkanes) is 4. The lowest BCUT2D eigenvalue weighted by molar-refractivity contribution is -0.306. The fourth-order valence-corrected chi connectivity index (χ4v) is 4.24. The molecule has 1 rings (SSSR count). The molecule has 1 fully saturated rings. The summed E-state index contributed by atoms with van der Waals surface area (Å²) in [6.07, 6.45) is 0.772. The van der Waals surface area contributed by atoms with Crippen LogP contribution in [0.5, 0.6) is 0 Å². The number of esters is 1. The zero-order valence-electron chi connectivity index (χ0n) is 24.3. The summed E-state index contributed by atoms with van der Waals surface area (Å²) in [4.78, 5) is 12.1. The van der Waals surface area contributed by atoms with Gasteiger partial charge in [-0.3, -0.25) is 4.79 Å². The van der Waals surface area contributed by atoms with E-state index in [1.54, 1.807) is 6.92 Å². The molecule has 8 nitrogen and oxygen atoms in total. The van der Waals surface area contributed by atoms with Gasteiger partial charge in [-0.1, -0.05) is 53.4 Å². The molecule has 38 heavy (non-hydrogen) atoms. The largest absolute Gasteiger partial charge is 0.465 e. The van der Waals surface area contributed by atoms with Gasteiger partial charge in [0.05, 0.1) is 13.2 Å². The first kappa shape index (κ1) is 35.1. The fourth-order valence-electron chi connectivity index (χ4n) is 4.24. The van der Waals surface area contributed by atoms with E-state index in [1.807, 2.05) is 13.8 Å². The van der Waals surface area contributed by atoms with E-state index in [-0.39, 0.29) is 19.8 Å². The molecule has 0 bridgehead atoms. The van der Waals surface area contributed by atoms with Crippen LogP contribution in [-0.4, -0.2) is 88.1 Å². The zero-order chi connectivity index (χ0) is 28.4. The fraction of sp³-hybridized carbons (Fsp3) is 0.964. The van der Waals surface area contributed by atoms with Crippen molar-refractivity contribution in [2.24, 2.45) is 5.73 Å². The number of carbonyl (C=O) groups is 1. The summed E-state index contributed by atoms with van der Waals surface area (Å²) >= 11 is 0. The molecule has 1 heterocycles. The second kappa shape index (κ2) is 20.0. The predicted molar refractivity (Wildman–Crippen MR) is 143 cm³/mol. The first-order valence-corrected chi connectivity index (χ1v) is 14.6. The Balaban J connectivity index is 3.35. The maximum atomic E-state index is 15.9. The molecule has 1 aliphatic heterocycles. The number of hydrogen-bond acceptors (Lipinski definition) is 8. The van der Waals surface area contributed by atoms with Crippen LogP contribution in [0.3, 0.4) is 0 Å². The molecule has 6 atom stereocenters. The van der Waals surface area contributed by atoms with Gasteiger partial charge in [0.25, 0.3) is 5.92 Å². The highest BCUT2D eigenvalue weighted by molar-refractivity contribution is 5.75. The third-order valence-electron chi connectivity index (χ3n) is 6.48. The van der Waals surface area contributed by atoms with Crippen LogP contribution < -0.4 is 5.73 Å². The molecule has 0 saturated carbocycles. The highest BCUT2D eigenvalue weighted by Gasteiger charge is 2.57. The SMILES string of the molecule is CCCCOC[C@H]1O[C@H](C(F)(F)CC(N)C(=O)OCC)[C@H](OCCCC)[C@@H](OCCCC)[C@H]1OCCCC. The molecule has 0 aromatic carbocycles. The minimum Gasteiger partial charge on any atom is -0.465 e. The van der Waals surface area contributed by atoms with Gasteiger partial charge in [-0.2, -0.15) is 0 Å². The second-order valence-corrected chi connectivity index (χ2v) is 9.91. The molecular weight excluding hydrogens is 500 g/mol. The smallest absolute Gasteiger partial charge is 0.323 e. The van der Waals surface area contributed by atoms with Crippen molar-refractivity contribution in [2.45, 2.75) is 135 Å². The summed E-state index contributed by atoms with van der Waals surface area (Å²) in [6, 6.07) is -1.50. The lowest BCUT2D eigenvalue weighted by Crippen LogP contribution is -2.66. The van der Waals surface area contributed by atoms with Crippen molar-refractivity contribution in [3.05, 3.63) is 0 Å². The Morgan fingerprint density at radius 2 is 1.32 bits per heavy atom. The lowest BCUT2D eigenvalue weighted by atomic mass is 9.88. The molecule has 0 amide bonds. The Labute approximate surface area is 228 Å². The molecule has 0 aromatic rings. The van der Waals surface area contributed by atoms with Gasteiger partial charge in [0.2, 0.25) is 0 Å². The van der Waals surface area contributed by atoms with Crippen LogP contribution in [-0.2, 0) is 33.2 Å². The first-order valence-electron chi connectivity index (χ1n) is 14.6. The summed E-state index contributed by atoms with van der Waals surface area (Å²) in [5.41, 5.74) is 5.82. The Bertz CT molecular complexity index is 614. The summed E-state index contributed by atoms with van der Waals surface area (Å²) in [6.45, 7) is 11.5. The standard InChI is InChI=1S/C28H53F2NO7/c1-6-11-15-33-20-22-23(35-16-12-7-2)24(36-17-13-8-3)25(37-18-14-9-4)26(38-22)28(29,30)19-21(31)27(32)34-10-5/h21-26H,6-20,31H2,1-5H3/t21?,22-,23+,24+,25-,26+/m1/s1. The number of rotatable bonds is 22. The van der Waals surface area contributed by atoms with Crippen molar-refractivity contribution in [3.63, 3.8) is 0 Å². The number of carbonyl (C=O) groups excluding carboxylic acids is 1. The molecule has 1 saturated heterocycles. The van der Waals surface area contributed by atoms with Gasteiger partial charge in [0, 0.05) is 32.8 Å². The summed E-state index contributed by atoms with van der Waals surface area (Å²) in [5.74, 6) is -4.37. The third kappa shape index (κ3) is 12.1. The van der Waals surface area contributed by atoms with Crippen molar-refractivity contribution < 1.29 is 42.0 Å². The van der Waals surface area contributed by atoms with Crippen molar-refractivity contribution in [3.8, 4) is 0 Å². The molecule has 0 radical (unpaired) electrons. The number of nitrogens with two attached hydrogens (primary N) is 1. The van der Waals surface area contributed by atoms with E-state index in [0.29, 0.717) is 26.2 Å². The van der Waals surface area contributed by atoms with E-state index < -0.39 is 54.9 Å². The van der Waals surface area contributed by atoms with Crippen molar-refractivity contribution in [1.29, 1.82) is 0 Å². The Morgan fingerprint density at radius 1 is 0.816 bits per heavy atom. The minimum atomic E-state index is -3.49. The van der Waals surface area contributed by atoms with Crippen LogP contribution in [0.25, 0.3) is 0 Å². The topological polar surface area (TPSA) is 98.5 Å². The van der Waals surface area contributed by atoms with E-state index >= 15 is 8.78 Å². The van der Waals surface area contributed by atoms with Gasteiger partial charge >= 0.3 is 5.97 Å². The molecular formula is C28H53F2NO7. The van der Waals surface area contributed by atoms with Crippen LogP contribution in [0.15, 0.2) is 0 Å². The molecule has 0 aromatic heterocycles. The number of ether oxygens (including phenoxy) is 6. The van der Waals surface area contributed by atoms with Crippen LogP contribution >= 0.6 is 0 Å². The molecule has 2 N–H and O–H groups in total. The second-order valence-electron chi connectivity index (χ2n) is 9.91. The van der Waals surface area contributed by atoms with Crippen molar-refractivity contribution >= 4 is 5.97 Å². The normalized spacial score (nSPS) is 24.9. The molecule has 1 unspecified atom stereocenters. The number of hydrogen-bond donors (Lipinski definition) is 1. The Morgan fingerprint density at radius 3 is 1.84 bits per heavy atom. The van der Waals surface area contributed by atoms with E-state index in [1.165, 1.54) is 0 Å². The highest BCUT2D eigenvalue weighted by atomic mass is 19.3. The lowest BCUT2D eigenvalue weighted by Gasteiger charge is -2.48. The number of alkyl halides is 2. The van der Waals surface area contributed by atoms with Gasteiger partial charge in [-0.15, -0.1) is 0 Å². The van der Waals surface area contributed by atoms with Gasteiger partial charge in [0.15, 0.2) is 6.10 Å². The Kier molecular flexibility index (Phi) is 18.5. The monoisotopic (exact) mass is 553 g/mol. The van der Waals surface area contributed by atoms with Crippen molar-refractivity contribution in [1.82, 2.24) is 0 Å². The maximum absolute atomic E-state index is 15.9. The third-order valence-corrected chi connectivity index (χ3v) is 6.48. The summed E-state index contributed by atoms with van der Waals surface area (Å²) in [5, 5.41) is 0. The first-order chi connectivity index (χ1) is 18.3. The maximum Gasteiger partial charge on any atom is 0.323 e. The summed E-state index contributed by atoms with van der Waals surface area (Å²) < 4.78 is 67.1. The molecule has 226 valence electrons. The predicted octanol–water partition coefficient (Wildman–Crippen LogP) is 5.04. The average molecular weight is 554 g/mol. The highest BCUT2D eigenvalue weighted by Crippen LogP contribution is 2.39. The van der Waals surface area contributed by atoms with E-state index in [4.69, 9.17) is 34.2 Å². The van der Waals surface area contributed by atoms with E-state index in [2.05, 4.69) is 13.8 Å². The van der Waals surface area contributed by atoms with Crippen LogP contribution in [0.1, 0.15) is 92.4 Å². The molecule has 0 aliphatic carbocycles. The Hall–Kier alpha value is -0.910. The van der Waals surface area contributed by atoms with Crippen LogP contribution in [0, 0.1) is 0 Å². The molecule has 0 spiro atoms. The number of halogens is 2. The van der Waals surface area contributed by atoms with Gasteiger partial charge in [0.1, 0.15) is 30.5 Å². The minimum absolute atomic E-state index is 0.0576. The van der Waals surface area contributed by atoms with Crippen LogP contribution in [0.4, 0.5) is 8.78 Å². The quantitative estimate of drug-likeness (QED) is 0.147. The molecule has 1 aliphatic rings. The van der Waals surface area contributed by atoms with Crippen LogP contribution in [0.2, 0.25) is 0 Å².